The monoisotopic (exact) mass is 1120 g/mol. The molecule has 82 heavy (non-hydrogen) atoms. The van der Waals surface area contributed by atoms with Gasteiger partial charge in [0.2, 0.25) is 0 Å². The number of benzene rings is 10. The van der Waals surface area contributed by atoms with Crippen LogP contribution in [0.5, 0.6) is 23.0 Å². The average Bonchev–Trinajstić information content (AvgIpc) is 2.46. The molecule has 0 aliphatic carbocycles. The molecule has 2 aliphatic heterocycles. The quantitative estimate of drug-likeness (QED) is 0.174. The molecule has 0 saturated heterocycles. The molecular weight excluding hydrogens is 1080 g/mol. The summed E-state index contributed by atoms with van der Waals surface area (Å²) in [5, 5.41) is 2.39. The van der Waals surface area contributed by atoms with Crippen molar-refractivity contribution in [2.45, 2.75) is 0 Å². The SMILES string of the molecule is Brc1cc(-c2ccccc2)cc(-c2ccccc2)n1.[F-].c1ccc(-c2cc(-c3ccccc3)nc(-n3c4c(c5ccccc53)-c3ccccc3Oc3ccccc3-4)c2)cc1.c1ccc2c(c1)Oc1ccccc1-c1c-2[nH]c2ccccc12. The van der Waals surface area contributed by atoms with Gasteiger partial charge in [-0.15, -0.1) is 0 Å². The van der Waals surface area contributed by atoms with Crippen molar-refractivity contribution in [3.05, 3.63) is 296 Å². The van der Waals surface area contributed by atoms with E-state index in [1.165, 1.54) is 27.5 Å². The molecule has 0 bridgehead atoms. The van der Waals surface area contributed by atoms with Crippen LogP contribution < -0.4 is 14.2 Å². The van der Waals surface area contributed by atoms with Crippen molar-refractivity contribution in [1.82, 2.24) is 19.5 Å². The summed E-state index contributed by atoms with van der Waals surface area (Å²) < 4.78 is 15.9. The number of aromatic nitrogens is 4. The molecule has 0 saturated carbocycles. The average molecular weight is 1130 g/mol. The first-order chi connectivity index (χ1) is 40.1. The van der Waals surface area contributed by atoms with Gasteiger partial charge in [0.05, 0.1) is 28.3 Å². The van der Waals surface area contributed by atoms with Crippen LogP contribution in [0, 0.1) is 0 Å². The number of nitrogens with one attached hydrogen (secondary N) is 1. The van der Waals surface area contributed by atoms with Crippen molar-refractivity contribution in [1.29, 1.82) is 0 Å². The minimum absolute atomic E-state index is 0. The summed E-state index contributed by atoms with van der Waals surface area (Å²) in [5.74, 6) is 4.35. The number of aromatic amines is 1. The second-order valence-electron chi connectivity index (χ2n) is 19.8. The van der Waals surface area contributed by atoms with Crippen LogP contribution in [0.3, 0.4) is 0 Å². The Morgan fingerprint density at radius 2 is 0.756 bits per heavy atom. The highest BCUT2D eigenvalue weighted by Gasteiger charge is 2.29. The van der Waals surface area contributed by atoms with Gasteiger partial charge in [-0.2, -0.15) is 0 Å². The zero-order valence-electron chi connectivity index (χ0n) is 44.1. The van der Waals surface area contributed by atoms with Crippen molar-refractivity contribution in [2.24, 2.45) is 0 Å². The fourth-order valence-electron chi connectivity index (χ4n) is 11.1. The highest BCUT2D eigenvalue weighted by Crippen LogP contribution is 2.52. The third-order valence-electron chi connectivity index (χ3n) is 14.8. The van der Waals surface area contributed by atoms with E-state index in [2.05, 4.69) is 225 Å². The Balaban J connectivity index is 0.000000127. The van der Waals surface area contributed by atoms with Gasteiger partial charge in [-0.05, 0) is 111 Å². The molecule has 10 aromatic carbocycles. The van der Waals surface area contributed by atoms with E-state index < -0.39 is 0 Å². The van der Waals surface area contributed by atoms with Crippen LogP contribution in [0.4, 0.5) is 0 Å². The summed E-state index contributed by atoms with van der Waals surface area (Å²) in [6.07, 6.45) is 0. The van der Waals surface area contributed by atoms with E-state index in [0.29, 0.717) is 0 Å². The number of pyridine rings is 2. The molecule has 0 spiro atoms. The minimum atomic E-state index is 0. The lowest BCUT2D eigenvalue weighted by molar-refractivity contribution is -0.0000162. The molecule has 0 unspecified atom stereocenters. The maximum atomic E-state index is 6.54. The third kappa shape index (κ3) is 9.71. The molecule has 6 heterocycles. The summed E-state index contributed by atoms with van der Waals surface area (Å²) in [5.41, 5.74) is 19.9. The Morgan fingerprint density at radius 1 is 0.341 bits per heavy atom. The van der Waals surface area contributed by atoms with Crippen molar-refractivity contribution in [3.8, 4) is 118 Å². The molecule has 4 aromatic heterocycles. The van der Waals surface area contributed by atoms with E-state index in [1.807, 2.05) is 97.1 Å². The summed E-state index contributed by atoms with van der Waals surface area (Å²) in [6, 6.07) is 100. The zero-order chi connectivity index (χ0) is 54.1. The maximum absolute atomic E-state index is 6.54. The molecule has 6 nitrogen and oxygen atoms in total. The molecule has 392 valence electrons. The Kier molecular flexibility index (Phi) is 13.9. The summed E-state index contributed by atoms with van der Waals surface area (Å²) in [4.78, 5) is 13.4. The predicted molar refractivity (Wildman–Crippen MR) is 335 cm³/mol. The molecule has 8 heteroatoms. The third-order valence-corrected chi connectivity index (χ3v) is 15.2. The molecule has 16 rings (SSSR count). The molecular formula is C74H49BrFN4O2-. The summed E-state index contributed by atoms with van der Waals surface area (Å²) in [6.45, 7) is 0. The molecule has 0 atom stereocenters. The number of fused-ring (bicyclic) bond motifs is 14. The van der Waals surface area contributed by atoms with Gasteiger partial charge < -0.3 is 19.2 Å². The molecule has 0 radical (unpaired) electrons. The largest absolute Gasteiger partial charge is 1.00 e. The van der Waals surface area contributed by atoms with Crippen LogP contribution in [0.15, 0.2) is 296 Å². The topological polar surface area (TPSA) is 65.0 Å². The Morgan fingerprint density at radius 3 is 1.34 bits per heavy atom. The van der Waals surface area contributed by atoms with Crippen molar-refractivity contribution < 1.29 is 14.2 Å². The number of para-hydroxylation sites is 6. The first-order valence-corrected chi connectivity index (χ1v) is 27.8. The lowest BCUT2D eigenvalue weighted by Gasteiger charge is -2.16. The second kappa shape index (κ2) is 22.4. The number of ether oxygens (including phenoxy) is 2. The molecule has 2 aliphatic rings. The standard InChI is InChI=1S/C37H24N2O.C20H13NO.C17H12BrN.FH/c1-3-13-25(14-4-1)27-23-31(26-15-5-2-6-16-26)38-35(24-27)39-32-20-10-7-17-28(32)36-29-18-8-11-21-33(29)40-34-22-12-9-19-30(34)37(36)39;1-4-10-16-13(7-1)19-14-8-2-5-11-17(14)22-18-12-6-3-9-15(18)20(19)21-16;18-17-12-15(13-7-3-1-4-8-13)11-16(19-17)14-9-5-2-6-10-14;/h1-24H;1-12,21H;1-12H;1H/p-1. The van der Waals surface area contributed by atoms with E-state index >= 15 is 0 Å². The first-order valence-electron chi connectivity index (χ1n) is 27.0. The highest BCUT2D eigenvalue weighted by atomic mass is 79.9. The molecule has 14 aromatic rings. The van der Waals surface area contributed by atoms with E-state index in [0.717, 1.165) is 117 Å². The van der Waals surface area contributed by atoms with Gasteiger partial charge in [-0.3, -0.25) is 4.57 Å². The zero-order valence-corrected chi connectivity index (χ0v) is 45.7. The van der Waals surface area contributed by atoms with Gasteiger partial charge in [0.25, 0.3) is 0 Å². The lowest BCUT2D eigenvalue weighted by Crippen LogP contribution is -3.00. The van der Waals surface area contributed by atoms with Crippen LogP contribution in [-0.2, 0) is 0 Å². The molecule has 0 fully saturated rings. The van der Waals surface area contributed by atoms with Crippen LogP contribution in [0.25, 0.3) is 117 Å². The van der Waals surface area contributed by atoms with Crippen LogP contribution in [0.1, 0.15) is 0 Å². The van der Waals surface area contributed by atoms with Crippen LogP contribution in [0.2, 0.25) is 0 Å². The van der Waals surface area contributed by atoms with Gasteiger partial charge in [-0.25, -0.2) is 9.97 Å². The van der Waals surface area contributed by atoms with E-state index in [1.54, 1.807) is 0 Å². The number of hydrogen-bond acceptors (Lipinski definition) is 4. The Labute approximate surface area is 482 Å². The van der Waals surface area contributed by atoms with Gasteiger partial charge >= 0.3 is 0 Å². The predicted octanol–water partition coefficient (Wildman–Crippen LogP) is 17.6. The normalized spacial score (nSPS) is 11.3. The smallest absolute Gasteiger partial charge is 0.138 e. The Hall–Kier alpha value is -10.4. The second-order valence-corrected chi connectivity index (χ2v) is 20.6. The van der Waals surface area contributed by atoms with Gasteiger partial charge in [0, 0.05) is 60.8 Å². The van der Waals surface area contributed by atoms with E-state index in [-0.39, 0.29) is 4.70 Å². The summed E-state index contributed by atoms with van der Waals surface area (Å²) in [7, 11) is 0. The molecule has 1 N–H and O–H groups in total. The van der Waals surface area contributed by atoms with Crippen molar-refractivity contribution in [3.63, 3.8) is 0 Å². The van der Waals surface area contributed by atoms with Crippen molar-refractivity contribution in [2.75, 3.05) is 0 Å². The van der Waals surface area contributed by atoms with E-state index in [9.17, 15) is 0 Å². The minimum Gasteiger partial charge on any atom is -1.00 e. The highest BCUT2D eigenvalue weighted by molar-refractivity contribution is 9.10. The van der Waals surface area contributed by atoms with Gasteiger partial charge in [0.1, 0.15) is 33.4 Å². The first kappa shape index (κ1) is 51.1. The van der Waals surface area contributed by atoms with E-state index in [4.69, 9.17) is 14.5 Å². The lowest BCUT2D eigenvalue weighted by atomic mass is 9.98. The number of nitrogens with zero attached hydrogens (tertiary/aromatic N) is 3. The van der Waals surface area contributed by atoms with Gasteiger partial charge in [0.15, 0.2) is 0 Å². The number of halogens is 2. The van der Waals surface area contributed by atoms with Crippen LogP contribution in [-0.4, -0.2) is 19.5 Å². The van der Waals surface area contributed by atoms with Crippen molar-refractivity contribution >= 4 is 37.7 Å². The Bertz CT molecular complexity index is 4490. The van der Waals surface area contributed by atoms with Crippen LogP contribution >= 0.6 is 15.9 Å². The molecule has 0 amide bonds. The van der Waals surface area contributed by atoms with Gasteiger partial charge in [-0.1, -0.05) is 218 Å². The number of hydrogen-bond donors (Lipinski definition) is 1. The maximum Gasteiger partial charge on any atom is 0.138 e. The summed E-state index contributed by atoms with van der Waals surface area (Å²) >= 11 is 3.50. The fourth-order valence-corrected chi connectivity index (χ4v) is 11.6. The fraction of sp³-hybridized carbons (Fsp3) is 0. The number of rotatable bonds is 5. The number of H-pyrrole nitrogens is 1.